The van der Waals surface area contributed by atoms with Gasteiger partial charge >= 0.3 is 29.9 Å². The summed E-state index contributed by atoms with van der Waals surface area (Å²) in [5.41, 5.74) is 0.408. The summed E-state index contributed by atoms with van der Waals surface area (Å²) in [5.74, 6) is -27.7. The predicted octanol–water partition coefficient (Wildman–Crippen LogP) is 7.07. The van der Waals surface area contributed by atoms with Crippen LogP contribution in [0, 0.1) is 5.92 Å². The second kappa shape index (κ2) is 8.51. The molecule has 1 nitrogen and oxygen atoms in total. The molecule has 1 unspecified atom stereocenters. The molecule has 12 heteroatoms. The molecule has 174 valence electrons. The van der Waals surface area contributed by atoms with Crippen molar-refractivity contribution in [1.29, 1.82) is 0 Å². The fourth-order valence-electron chi connectivity index (χ4n) is 2.69. The van der Waals surface area contributed by atoms with Crippen LogP contribution in [0.15, 0.2) is 24.3 Å². The lowest BCUT2D eigenvalue weighted by Crippen LogP contribution is -2.66. The van der Waals surface area contributed by atoms with Gasteiger partial charge in [0.05, 0.1) is 6.10 Å². The monoisotopic (exact) mass is 460 g/mol. The van der Waals surface area contributed by atoms with Gasteiger partial charge in [0, 0.05) is 13.5 Å². The van der Waals surface area contributed by atoms with E-state index in [4.69, 9.17) is 0 Å². The highest BCUT2D eigenvalue weighted by Gasteiger charge is 2.87. The molecule has 1 rings (SSSR count). The predicted molar refractivity (Wildman–Crippen MR) is 85.2 cm³/mol. The van der Waals surface area contributed by atoms with Gasteiger partial charge in [-0.05, 0) is 23.5 Å². The van der Waals surface area contributed by atoms with Gasteiger partial charge in [-0.15, -0.1) is 0 Å². The van der Waals surface area contributed by atoms with E-state index >= 15 is 0 Å². The summed E-state index contributed by atoms with van der Waals surface area (Å²) < 4.78 is 149. The summed E-state index contributed by atoms with van der Waals surface area (Å²) >= 11 is 0. The van der Waals surface area contributed by atoms with Crippen molar-refractivity contribution in [3.05, 3.63) is 35.4 Å². The summed E-state index contributed by atoms with van der Waals surface area (Å²) in [6.07, 6.45) is -11.0. The average Bonchev–Trinajstić information content (AvgIpc) is 2.57. The van der Waals surface area contributed by atoms with Crippen molar-refractivity contribution < 1.29 is 53.0 Å². The maximum atomic E-state index is 14.0. The van der Waals surface area contributed by atoms with Crippen LogP contribution in [0.3, 0.4) is 0 Å². The van der Waals surface area contributed by atoms with Gasteiger partial charge in [-0.3, -0.25) is 0 Å². The molecule has 0 amide bonds. The molecule has 0 bridgehead atoms. The normalized spacial score (nSPS) is 15.6. The number of benzene rings is 1. The smallest absolute Gasteiger partial charge is 0.377 e. The van der Waals surface area contributed by atoms with Crippen molar-refractivity contribution in [3.8, 4) is 0 Å². The minimum absolute atomic E-state index is 0.107. The van der Waals surface area contributed by atoms with E-state index in [-0.39, 0.29) is 11.5 Å². The Balaban J connectivity index is 3.29. The summed E-state index contributed by atoms with van der Waals surface area (Å²) in [4.78, 5) is 0. The fraction of sp³-hybridized carbons (Fsp3) is 0.667. The van der Waals surface area contributed by atoms with Gasteiger partial charge in [-0.25, -0.2) is 0 Å². The molecular weight excluding hydrogens is 441 g/mol. The second-order valence-corrected chi connectivity index (χ2v) is 7.20. The van der Waals surface area contributed by atoms with Gasteiger partial charge in [-0.1, -0.05) is 38.1 Å². The van der Waals surface area contributed by atoms with Crippen LogP contribution in [-0.2, 0) is 11.2 Å². The molecule has 0 aliphatic rings. The number of alkyl halides is 11. The van der Waals surface area contributed by atoms with Gasteiger partial charge in [0.2, 0.25) is 0 Å². The van der Waals surface area contributed by atoms with Crippen molar-refractivity contribution in [2.45, 2.75) is 62.7 Å². The molecule has 0 N–H and O–H groups in total. The first kappa shape index (κ1) is 26.4. The maximum absolute atomic E-state index is 14.0. The maximum Gasteiger partial charge on any atom is 0.460 e. The zero-order valence-corrected chi connectivity index (χ0v) is 15.9. The molecule has 1 aromatic rings. The Morgan fingerprint density at radius 2 is 1.33 bits per heavy atom. The highest BCUT2D eigenvalue weighted by Crippen LogP contribution is 2.58. The Hall–Kier alpha value is -1.59. The molecule has 0 radical (unpaired) electrons. The quantitative estimate of drug-likeness (QED) is 0.359. The van der Waals surface area contributed by atoms with Crippen molar-refractivity contribution in [2.75, 3.05) is 7.11 Å². The van der Waals surface area contributed by atoms with E-state index in [0.717, 1.165) is 13.2 Å². The molecule has 0 aliphatic heterocycles. The van der Waals surface area contributed by atoms with E-state index in [1.807, 2.05) is 13.8 Å². The van der Waals surface area contributed by atoms with Crippen LogP contribution in [0.5, 0.6) is 0 Å². The highest BCUT2D eigenvalue weighted by atomic mass is 19.4. The second-order valence-electron chi connectivity index (χ2n) is 7.20. The Kier molecular flexibility index (Phi) is 7.50. The number of hydrogen-bond donors (Lipinski definition) is 0. The Labute approximate surface area is 165 Å². The van der Waals surface area contributed by atoms with Crippen LogP contribution in [0.2, 0.25) is 0 Å². The Morgan fingerprint density at radius 1 is 0.800 bits per heavy atom. The molecule has 1 aromatic carbocycles. The van der Waals surface area contributed by atoms with Crippen LogP contribution in [0.4, 0.5) is 48.3 Å². The van der Waals surface area contributed by atoms with E-state index in [2.05, 4.69) is 4.74 Å². The van der Waals surface area contributed by atoms with Crippen LogP contribution in [-0.4, -0.2) is 37.0 Å². The summed E-state index contributed by atoms with van der Waals surface area (Å²) in [5, 5.41) is 0. The average molecular weight is 460 g/mol. The van der Waals surface area contributed by atoms with Crippen molar-refractivity contribution in [2.24, 2.45) is 5.92 Å². The topological polar surface area (TPSA) is 9.23 Å². The van der Waals surface area contributed by atoms with E-state index in [9.17, 15) is 48.3 Å². The Bertz CT molecular complexity index is 710. The molecule has 0 spiro atoms. The minimum atomic E-state index is -7.42. The molecule has 0 saturated carbocycles. The number of methoxy groups -OCH3 is 1. The minimum Gasteiger partial charge on any atom is -0.377 e. The third-order valence-electron chi connectivity index (χ3n) is 4.30. The number of halogens is 11. The third kappa shape index (κ3) is 4.83. The van der Waals surface area contributed by atoms with Gasteiger partial charge in [0.25, 0.3) is 0 Å². The molecule has 0 heterocycles. The molecule has 0 aliphatic carbocycles. The van der Waals surface area contributed by atoms with Crippen LogP contribution in [0.1, 0.15) is 37.5 Å². The molecule has 0 aromatic heterocycles. The lowest BCUT2D eigenvalue weighted by atomic mass is 9.91. The standard InChI is InChI=1S/C18H19F11O/c1-10(2)7-11-5-4-6-12(8-11)13(30-3)9-14(19,20)15(21,22)16(23,24)17(25,26)18(27,28)29/h4-6,8,10,13H,7,9H2,1-3H3. The van der Waals surface area contributed by atoms with Crippen molar-refractivity contribution in [1.82, 2.24) is 0 Å². The van der Waals surface area contributed by atoms with E-state index in [1.54, 1.807) is 6.07 Å². The first-order valence-electron chi connectivity index (χ1n) is 8.51. The summed E-state index contributed by atoms with van der Waals surface area (Å²) in [7, 11) is 0.774. The summed E-state index contributed by atoms with van der Waals surface area (Å²) in [6, 6.07) is 5.34. The molecular formula is C18H19F11O. The molecule has 0 saturated heterocycles. The zero-order chi connectivity index (χ0) is 23.8. The van der Waals surface area contributed by atoms with E-state index in [0.29, 0.717) is 12.0 Å². The first-order valence-corrected chi connectivity index (χ1v) is 8.51. The fourth-order valence-corrected chi connectivity index (χ4v) is 2.69. The molecule has 30 heavy (non-hydrogen) atoms. The third-order valence-corrected chi connectivity index (χ3v) is 4.30. The number of rotatable bonds is 9. The van der Waals surface area contributed by atoms with Crippen LogP contribution < -0.4 is 0 Å². The molecule has 1 atom stereocenters. The number of ether oxygens (including phenoxy) is 1. The number of hydrogen-bond acceptors (Lipinski definition) is 1. The van der Waals surface area contributed by atoms with E-state index < -0.39 is 42.4 Å². The van der Waals surface area contributed by atoms with Gasteiger partial charge in [0.15, 0.2) is 0 Å². The van der Waals surface area contributed by atoms with Gasteiger partial charge in [-0.2, -0.15) is 48.3 Å². The van der Waals surface area contributed by atoms with Gasteiger partial charge < -0.3 is 4.74 Å². The largest absolute Gasteiger partial charge is 0.460 e. The van der Waals surface area contributed by atoms with Crippen LogP contribution in [0.25, 0.3) is 0 Å². The van der Waals surface area contributed by atoms with Crippen molar-refractivity contribution >= 4 is 0 Å². The van der Waals surface area contributed by atoms with Crippen molar-refractivity contribution in [3.63, 3.8) is 0 Å². The Morgan fingerprint density at radius 3 is 1.77 bits per heavy atom. The first-order chi connectivity index (χ1) is 13.3. The van der Waals surface area contributed by atoms with E-state index in [1.165, 1.54) is 12.1 Å². The summed E-state index contributed by atoms with van der Waals surface area (Å²) in [6.45, 7) is 3.64. The lowest BCUT2D eigenvalue weighted by Gasteiger charge is -2.38. The lowest BCUT2D eigenvalue weighted by molar-refractivity contribution is -0.423. The SMILES string of the molecule is COC(CC(F)(F)C(F)(F)C(F)(F)C(F)(F)C(F)(F)F)c1cccc(CC(C)C)c1. The van der Waals surface area contributed by atoms with Crippen LogP contribution >= 0.6 is 0 Å². The highest BCUT2D eigenvalue weighted by molar-refractivity contribution is 5.26. The molecule has 0 fully saturated rings. The van der Waals surface area contributed by atoms with Gasteiger partial charge in [0.1, 0.15) is 0 Å². The zero-order valence-electron chi connectivity index (χ0n) is 15.9.